The maximum Gasteiger partial charge on any atom is 0.245 e. The van der Waals surface area contributed by atoms with Gasteiger partial charge < -0.3 is 10.9 Å². The van der Waals surface area contributed by atoms with Crippen molar-refractivity contribution in [1.82, 2.24) is 4.31 Å². The number of piperidine rings is 1. The molecule has 9 heteroatoms. The van der Waals surface area contributed by atoms with Crippen molar-refractivity contribution < 1.29 is 18.0 Å². The quantitative estimate of drug-likeness (QED) is 0.381. The van der Waals surface area contributed by atoms with E-state index in [0.29, 0.717) is 12.8 Å². The average molecular weight is 336 g/mol. The normalized spacial score (nSPS) is 21.4. The summed E-state index contributed by atoms with van der Waals surface area (Å²) in [6.45, 7) is 0.204. The van der Waals surface area contributed by atoms with Crippen molar-refractivity contribution in [3.05, 3.63) is 29.0 Å². The Morgan fingerprint density at radius 2 is 2.19 bits per heavy atom. The Morgan fingerprint density at radius 1 is 1.48 bits per heavy atom. The lowest BCUT2D eigenvalue weighted by Gasteiger charge is -2.33. The fourth-order valence-corrected chi connectivity index (χ4v) is 4.51. The molecule has 0 spiro atoms. The molecule has 1 atom stereocenters. The van der Waals surface area contributed by atoms with Crippen LogP contribution in [0.1, 0.15) is 19.3 Å². The van der Waals surface area contributed by atoms with E-state index in [1.807, 2.05) is 0 Å². The first-order valence-electron chi connectivity index (χ1n) is 6.32. The zero-order valence-corrected chi connectivity index (χ0v) is 12.6. The number of benzene rings is 1. The number of sulfonamides is 1. The van der Waals surface area contributed by atoms with Crippen molar-refractivity contribution in [3.8, 4) is 0 Å². The first-order chi connectivity index (χ1) is 9.87. The molecule has 1 aromatic rings. The van der Waals surface area contributed by atoms with Crippen molar-refractivity contribution >= 4 is 27.5 Å². The minimum absolute atomic E-state index is 0.0692. The van der Waals surface area contributed by atoms with Crippen LogP contribution in [0.2, 0.25) is 5.02 Å². The van der Waals surface area contributed by atoms with Crippen LogP contribution in [-0.2, 0) is 10.0 Å². The average Bonchev–Trinajstić information content (AvgIpc) is 2.48. The second kappa shape index (κ2) is 6.17. The number of oxime groups is 1. The molecule has 0 aromatic heterocycles. The van der Waals surface area contributed by atoms with E-state index in [2.05, 4.69) is 5.16 Å². The van der Waals surface area contributed by atoms with Gasteiger partial charge in [-0.15, -0.1) is 0 Å². The highest BCUT2D eigenvalue weighted by molar-refractivity contribution is 7.89. The number of rotatable bonds is 3. The molecule has 2 rings (SSSR count). The predicted molar refractivity (Wildman–Crippen MR) is 76.3 cm³/mol. The maximum absolute atomic E-state index is 13.3. The molecule has 3 N–H and O–H groups in total. The molecule has 1 fully saturated rings. The number of halogens is 2. The zero-order chi connectivity index (χ0) is 15.6. The van der Waals surface area contributed by atoms with Crippen LogP contribution in [-0.4, -0.2) is 36.4 Å². The van der Waals surface area contributed by atoms with Crippen LogP contribution in [0.3, 0.4) is 0 Å². The highest BCUT2D eigenvalue weighted by Gasteiger charge is 2.37. The molecule has 0 radical (unpaired) electrons. The number of nitrogens with two attached hydrogens (primary N) is 1. The lowest BCUT2D eigenvalue weighted by atomic mass is 10.0. The van der Waals surface area contributed by atoms with Crippen LogP contribution in [0, 0.1) is 5.82 Å². The van der Waals surface area contributed by atoms with Gasteiger partial charge in [0.1, 0.15) is 10.7 Å². The van der Waals surface area contributed by atoms with Crippen LogP contribution < -0.4 is 5.73 Å². The summed E-state index contributed by atoms with van der Waals surface area (Å²) < 4.78 is 39.8. The summed E-state index contributed by atoms with van der Waals surface area (Å²) >= 11 is 5.88. The molecule has 1 aliphatic heterocycles. The Hall–Kier alpha value is -1.38. The Balaban J connectivity index is 2.48. The van der Waals surface area contributed by atoms with Crippen LogP contribution in [0.15, 0.2) is 28.3 Å². The van der Waals surface area contributed by atoms with Gasteiger partial charge in [-0.3, -0.25) is 0 Å². The molecule has 1 unspecified atom stereocenters. The fourth-order valence-electron chi connectivity index (χ4n) is 2.36. The molecule has 0 saturated carbocycles. The Bertz CT molecular complexity index is 666. The minimum Gasteiger partial charge on any atom is -0.409 e. The summed E-state index contributed by atoms with van der Waals surface area (Å²) in [5.74, 6) is -0.888. The van der Waals surface area contributed by atoms with Gasteiger partial charge in [-0.05, 0) is 31.0 Å². The van der Waals surface area contributed by atoms with Crippen molar-refractivity contribution in [3.63, 3.8) is 0 Å². The second-order valence-electron chi connectivity index (χ2n) is 4.73. The van der Waals surface area contributed by atoms with Gasteiger partial charge in [0.25, 0.3) is 0 Å². The largest absolute Gasteiger partial charge is 0.409 e. The molecule has 116 valence electrons. The summed E-state index contributed by atoms with van der Waals surface area (Å²) in [4.78, 5) is -0.318. The SMILES string of the molecule is N/C(=N/O)C1CCCCN1S(=O)(=O)c1cc(F)ccc1Cl. The first kappa shape index (κ1) is 16.0. The minimum atomic E-state index is -4.03. The van der Waals surface area contributed by atoms with E-state index in [4.69, 9.17) is 22.5 Å². The topological polar surface area (TPSA) is 96.0 Å². The van der Waals surface area contributed by atoms with Gasteiger partial charge in [0.2, 0.25) is 10.0 Å². The van der Waals surface area contributed by atoms with Crippen molar-refractivity contribution in [2.45, 2.75) is 30.2 Å². The van der Waals surface area contributed by atoms with Gasteiger partial charge in [0.15, 0.2) is 5.84 Å². The summed E-state index contributed by atoms with van der Waals surface area (Å²) in [7, 11) is -4.03. The van der Waals surface area contributed by atoms with E-state index in [9.17, 15) is 12.8 Å². The molecule has 6 nitrogen and oxygen atoms in total. The number of hydrogen-bond donors (Lipinski definition) is 2. The third-order valence-electron chi connectivity index (χ3n) is 3.39. The highest BCUT2D eigenvalue weighted by Crippen LogP contribution is 2.30. The molecule has 0 aliphatic carbocycles. The molecule has 1 aromatic carbocycles. The first-order valence-corrected chi connectivity index (χ1v) is 8.14. The molecule has 21 heavy (non-hydrogen) atoms. The van der Waals surface area contributed by atoms with Gasteiger partial charge in [0.05, 0.1) is 11.1 Å². The Kier molecular flexibility index (Phi) is 4.70. The third-order valence-corrected chi connectivity index (χ3v) is 5.78. The Morgan fingerprint density at radius 3 is 2.86 bits per heavy atom. The van der Waals surface area contributed by atoms with E-state index in [1.54, 1.807) is 0 Å². The predicted octanol–water partition coefficient (Wildman–Crippen LogP) is 1.77. The van der Waals surface area contributed by atoms with Gasteiger partial charge in [-0.1, -0.05) is 23.2 Å². The number of nitrogens with zero attached hydrogens (tertiary/aromatic N) is 2. The van der Waals surface area contributed by atoms with Crippen molar-refractivity contribution in [1.29, 1.82) is 0 Å². The van der Waals surface area contributed by atoms with Crippen LogP contribution in [0.25, 0.3) is 0 Å². The molecule has 1 heterocycles. The fraction of sp³-hybridized carbons (Fsp3) is 0.417. The van der Waals surface area contributed by atoms with Crippen molar-refractivity contribution in [2.75, 3.05) is 6.54 Å². The van der Waals surface area contributed by atoms with Gasteiger partial charge in [-0.25, -0.2) is 12.8 Å². The molecular formula is C12H15ClFN3O3S. The van der Waals surface area contributed by atoms with Crippen LogP contribution >= 0.6 is 11.6 Å². The van der Waals surface area contributed by atoms with Gasteiger partial charge in [-0.2, -0.15) is 4.31 Å². The smallest absolute Gasteiger partial charge is 0.245 e. The van der Waals surface area contributed by atoms with Crippen LogP contribution in [0.5, 0.6) is 0 Å². The summed E-state index contributed by atoms with van der Waals surface area (Å²) in [6, 6.07) is 2.38. The maximum atomic E-state index is 13.3. The second-order valence-corrected chi connectivity index (χ2v) is 6.99. The molecule has 0 bridgehead atoms. The monoisotopic (exact) mass is 335 g/mol. The molecule has 1 aliphatic rings. The van der Waals surface area contributed by atoms with Gasteiger partial charge in [0, 0.05) is 6.54 Å². The molecule has 0 amide bonds. The lowest BCUT2D eigenvalue weighted by Crippen LogP contribution is -2.50. The van der Waals surface area contributed by atoms with E-state index >= 15 is 0 Å². The lowest BCUT2D eigenvalue weighted by molar-refractivity contribution is 0.281. The number of hydrogen-bond acceptors (Lipinski definition) is 4. The third kappa shape index (κ3) is 3.12. The highest BCUT2D eigenvalue weighted by atomic mass is 35.5. The number of amidine groups is 1. The molecular weight excluding hydrogens is 321 g/mol. The zero-order valence-electron chi connectivity index (χ0n) is 11.0. The van der Waals surface area contributed by atoms with Crippen LogP contribution in [0.4, 0.5) is 4.39 Å². The standard InChI is InChI=1S/C12H15ClFN3O3S/c13-9-5-4-8(14)7-11(9)21(19,20)17-6-2-1-3-10(17)12(15)16-18/h4-5,7,10,18H,1-3,6H2,(H2,15,16). The van der Waals surface area contributed by atoms with Crippen molar-refractivity contribution in [2.24, 2.45) is 10.9 Å². The summed E-state index contributed by atoms with van der Waals surface area (Å²) in [5, 5.41) is 11.6. The van der Waals surface area contributed by atoms with E-state index < -0.39 is 21.9 Å². The molecule has 1 saturated heterocycles. The summed E-state index contributed by atoms with van der Waals surface area (Å²) in [5.41, 5.74) is 5.57. The van der Waals surface area contributed by atoms with Gasteiger partial charge >= 0.3 is 0 Å². The summed E-state index contributed by atoms with van der Waals surface area (Å²) in [6.07, 6.45) is 1.83. The Labute approximate surface area is 127 Å². The van der Waals surface area contributed by atoms with E-state index in [-0.39, 0.29) is 22.3 Å². The van der Waals surface area contributed by atoms with E-state index in [1.165, 1.54) is 6.07 Å². The van der Waals surface area contributed by atoms with E-state index in [0.717, 1.165) is 22.9 Å².